The van der Waals surface area contributed by atoms with E-state index in [2.05, 4.69) is 257 Å². The highest BCUT2D eigenvalue weighted by Gasteiger charge is 2.21. The van der Waals surface area contributed by atoms with Gasteiger partial charge in [0.15, 0.2) is 0 Å². The van der Waals surface area contributed by atoms with Gasteiger partial charge in [-0.2, -0.15) is 0 Å². The third kappa shape index (κ3) is 6.79. The monoisotopic (exact) mass is 887 g/mol. The average molecular weight is 888 g/mol. The molecule has 0 radical (unpaired) electrons. The number of aromatic nitrogens is 5. The van der Waals surface area contributed by atoms with E-state index < -0.39 is 0 Å². The molecule has 6 nitrogen and oxygen atoms in total. The topological polar surface area (TPSA) is 40.8 Å². The zero-order valence-electron chi connectivity index (χ0n) is 38.2. The zero-order valence-corrected chi connectivity index (χ0v) is 38.2. The number of imidazole rings is 1. The predicted molar refractivity (Wildman–Crippen MR) is 282 cm³/mol. The Labute approximate surface area is 399 Å². The Bertz CT molecular complexity index is 3970. The first kappa shape index (κ1) is 40.3. The van der Waals surface area contributed by atoms with Gasteiger partial charge in [-0.05, 0) is 107 Å². The number of nitrogens with zero attached hydrogens (tertiary/aromatic N) is 5. The fourth-order valence-corrected chi connectivity index (χ4v) is 10.3. The second kappa shape index (κ2) is 16.4. The Hall–Kier alpha value is -9.00. The first-order valence-electron chi connectivity index (χ1n) is 23.6. The molecular weight excluding hydrogens is 843 g/mol. The predicted octanol–water partition coefficient (Wildman–Crippen LogP) is 15.5. The van der Waals surface area contributed by atoms with Crippen molar-refractivity contribution in [1.29, 1.82) is 0 Å². The zero-order chi connectivity index (χ0) is 46.0. The molecule has 0 saturated carbocycles. The second-order valence-electron chi connectivity index (χ2n) is 18.0. The van der Waals surface area contributed by atoms with Crippen LogP contribution in [0.15, 0.2) is 231 Å². The Morgan fingerprint density at radius 3 is 1.77 bits per heavy atom. The van der Waals surface area contributed by atoms with Crippen LogP contribution >= 0.6 is 0 Å². The second-order valence-corrected chi connectivity index (χ2v) is 18.0. The molecule has 69 heavy (non-hydrogen) atoms. The molecule has 4 aromatic heterocycles. The maximum Gasteiger partial charge on any atom is 0.269 e. The summed E-state index contributed by atoms with van der Waals surface area (Å²) in [6.45, 7) is 4.45. The summed E-state index contributed by atoms with van der Waals surface area (Å²) < 4.78 is 15.9. The van der Waals surface area contributed by atoms with Crippen molar-refractivity contribution in [1.82, 2.24) is 18.7 Å². The van der Waals surface area contributed by atoms with E-state index in [9.17, 15) is 0 Å². The number of ether oxygens (including phenoxy) is 1. The van der Waals surface area contributed by atoms with Crippen LogP contribution in [0.2, 0.25) is 0 Å². The third-order valence-corrected chi connectivity index (χ3v) is 13.5. The minimum atomic E-state index is 0.349. The summed E-state index contributed by atoms with van der Waals surface area (Å²) in [6, 6.07) is 79.5. The first-order valence-corrected chi connectivity index (χ1v) is 23.6. The van der Waals surface area contributed by atoms with Gasteiger partial charge >= 0.3 is 0 Å². The number of hydrogen-bond acceptors (Lipinski definition) is 2. The molecule has 6 heteroatoms. The highest BCUT2D eigenvalue weighted by atomic mass is 16.5. The van der Waals surface area contributed by atoms with E-state index in [1.807, 2.05) is 12.3 Å². The minimum absolute atomic E-state index is 0.349. The number of rotatable bonds is 9. The fourth-order valence-electron chi connectivity index (χ4n) is 10.3. The molecule has 9 aromatic carbocycles. The van der Waals surface area contributed by atoms with Crippen molar-refractivity contribution in [2.24, 2.45) is 0 Å². The van der Waals surface area contributed by atoms with Crippen LogP contribution in [0.4, 0.5) is 0 Å². The number of benzene rings is 9. The number of pyridine rings is 1. The summed E-state index contributed by atoms with van der Waals surface area (Å²) >= 11 is 0. The fraction of sp³-hybridized carbons (Fsp3) is 0.0476. The molecule has 0 fully saturated rings. The smallest absolute Gasteiger partial charge is 0.269 e. The molecular formula is C63H45N5O. The molecule has 0 amide bonds. The number of fused-ring (bicyclic) bond motifs is 7. The van der Waals surface area contributed by atoms with Crippen molar-refractivity contribution in [3.63, 3.8) is 0 Å². The molecule has 0 aliphatic heterocycles. The molecule has 0 unspecified atom stereocenters. The maximum atomic E-state index is 6.86. The van der Waals surface area contributed by atoms with Crippen molar-refractivity contribution in [3.05, 3.63) is 243 Å². The Balaban J connectivity index is 0.937. The summed E-state index contributed by atoms with van der Waals surface area (Å²) in [5.41, 5.74) is 15.4. The van der Waals surface area contributed by atoms with Crippen LogP contribution in [0, 0.1) is 6.33 Å². The lowest BCUT2D eigenvalue weighted by Gasteiger charge is -2.17. The van der Waals surface area contributed by atoms with Gasteiger partial charge in [-0.25, -0.2) is 4.98 Å². The van der Waals surface area contributed by atoms with Crippen molar-refractivity contribution >= 4 is 54.6 Å². The molecule has 0 N–H and O–H groups in total. The highest BCUT2D eigenvalue weighted by Crippen LogP contribution is 2.40. The van der Waals surface area contributed by atoms with E-state index >= 15 is 0 Å². The van der Waals surface area contributed by atoms with Gasteiger partial charge in [0, 0.05) is 39.5 Å². The van der Waals surface area contributed by atoms with Gasteiger partial charge in [0.25, 0.3) is 6.33 Å². The van der Waals surface area contributed by atoms with Crippen LogP contribution in [0.25, 0.3) is 99.8 Å². The van der Waals surface area contributed by atoms with Gasteiger partial charge in [-0.3, -0.25) is 13.7 Å². The normalized spacial score (nSPS) is 11.8. The summed E-state index contributed by atoms with van der Waals surface area (Å²) in [5.74, 6) is 2.67. The van der Waals surface area contributed by atoms with Gasteiger partial charge in [-0.15, -0.1) is 0 Å². The Morgan fingerprint density at radius 2 is 1.06 bits per heavy atom. The van der Waals surface area contributed by atoms with E-state index in [0.717, 1.165) is 89.5 Å². The van der Waals surface area contributed by atoms with Crippen LogP contribution in [-0.2, 0) is 0 Å². The van der Waals surface area contributed by atoms with E-state index in [1.54, 1.807) is 0 Å². The van der Waals surface area contributed by atoms with Crippen molar-refractivity contribution in [3.8, 4) is 56.6 Å². The molecule has 0 aliphatic rings. The Morgan fingerprint density at radius 1 is 0.449 bits per heavy atom. The lowest BCUT2D eigenvalue weighted by atomic mass is 9.95. The highest BCUT2D eigenvalue weighted by molar-refractivity contribution is 6.12. The molecule has 0 bridgehead atoms. The quantitative estimate of drug-likeness (QED) is 0.107. The summed E-state index contributed by atoms with van der Waals surface area (Å²) in [7, 11) is 0. The SMILES string of the molecule is CC(C)c1ccnc(-n2c3ccc(-n4c5ccccc5c5ccccc54)cc3c3ccc(Oc4cccc(-n5[c-][n+](-c6c(-c7ccccc7)cccc6-c6ccccc6)c6ccccc65)c4)cc32)c1. The van der Waals surface area contributed by atoms with E-state index in [4.69, 9.17) is 9.72 Å². The summed E-state index contributed by atoms with van der Waals surface area (Å²) in [4.78, 5) is 4.98. The largest absolute Gasteiger partial charge is 0.458 e. The van der Waals surface area contributed by atoms with Crippen molar-refractivity contribution < 1.29 is 9.30 Å². The number of hydrogen-bond donors (Lipinski definition) is 0. The van der Waals surface area contributed by atoms with Gasteiger partial charge in [0.05, 0.1) is 44.5 Å². The minimum Gasteiger partial charge on any atom is -0.458 e. The third-order valence-electron chi connectivity index (χ3n) is 13.5. The molecule has 0 aliphatic carbocycles. The van der Waals surface area contributed by atoms with E-state index in [1.165, 1.54) is 27.4 Å². The van der Waals surface area contributed by atoms with Crippen LogP contribution < -0.4 is 9.30 Å². The molecule has 13 rings (SSSR count). The Kier molecular flexibility index (Phi) is 9.58. The molecule has 4 heterocycles. The molecule has 0 atom stereocenters. The van der Waals surface area contributed by atoms with Crippen LogP contribution in [0.3, 0.4) is 0 Å². The summed E-state index contributed by atoms with van der Waals surface area (Å²) in [5, 5.41) is 4.74. The first-order chi connectivity index (χ1) is 34.1. The molecule has 328 valence electrons. The standard InChI is InChI=1S/C63H45N5O/c1-42(2)45-35-36-64-62(37-45)68-58-34-31-47(67-56-27-11-9-23-52(56)53-24-10-12-28-57(53)67)39-55(58)54-33-32-49(40-61(54)68)69-48-22-15-21-46(38-48)65-41-66(60-30-14-13-29-59(60)65)63-50(43-17-5-3-6-18-43)25-16-26-51(63)44-19-7-4-8-20-44/h3-40,42H,1-2H3. The molecule has 0 spiro atoms. The van der Waals surface area contributed by atoms with E-state index in [-0.39, 0.29) is 0 Å². The van der Waals surface area contributed by atoms with Gasteiger partial charge in [0.2, 0.25) is 0 Å². The van der Waals surface area contributed by atoms with Crippen molar-refractivity contribution in [2.45, 2.75) is 19.8 Å². The van der Waals surface area contributed by atoms with Crippen molar-refractivity contribution in [2.75, 3.05) is 0 Å². The lowest BCUT2D eigenvalue weighted by molar-refractivity contribution is -0.571. The maximum absolute atomic E-state index is 6.86. The van der Waals surface area contributed by atoms with Gasteiger partial charge < -0.3 is 9.30 Å². The van der Waals surface area contributed by atoms with Crippen LogP contribution in [0.1, 0.15) is 25.3 Å². The average Bonchev–Trinajstić information content (AvgIpc) is 4.07. The lowest BCUT2D eigenvalue weighted by Crippen LogP contribution is -2.31. The van der Waals surface area contributed by atoms with Crippen LogP contribution in [-0.4, -0.2) is 18.7 Å². The van der Waals surface area contributed by atoms with Gasteiger partial charge in [-0.1, -0.05) is 159 Å². The van der Waals surface area contributed by atoms with Gasteiger partial charge in [0.1, 0.15) is 17.3 Å². The van der Waals surface area contributed by atoms with E-state index in [0.29, 0.717) is 5.92 Å². The number of para-hydroxylation sites is 5. The molecule has 13 aromatic rings. The van der Waals surface area contributed by atoms with Crippen LogP contribution in [0.5, 0.6) is 11.5 Å². The molecule has 0 saturated heterocycles. The summed E-state index contributed by atoms with van der Waals surface area (Å²) in [6.07, 6.45) is 5.74.